The van der Waals surface area contributed by atoms with Crippen LogP contribution in [0.3, 0.4) is 0 Å². The Hall–Kier alpha value is -1.20. The lowest BCUT2D eigenvalue weighted by Gasteiger charge is -1.98. The number of benzene rings is 1. The molecule has 1 N–H and O–H groups in total. The highest BCUT2D eigenvalue weighted by atomic mass is 79.9. The highest BCUT2D eigenvalue weighted by Gasteiger charge is 2.10. The van der Waals surface area contributed by atoms with E-state index < -0.39 is 0 Å². The molecule has 2 rings (SSSR count). The Morgan fingerprint density at radius 2 is 2.20 bits per heavy atom. The molecule has 0 saturated carbocycles. The van der Waals surface area contributed by atoms with Crippen molar-refractivity contribution in [3.05, 3.63) is 40.3 Å². The predicted molar refractivity (Wildman–Crippen MR) is 55.5 cm³/mol. The van der Waals surface area contributed by atoms with Gasteiger partial charge in [0.15, 0.2) is 5.76 Å². The third-order valence-corrected chi connectivity index (χ3v) is 2.41. The summed E-state index contributed by atoms with van der Waals surface area (Å²) in [6.07, 6.45) is 0. The molecule has 0 aliphatic carbocycles. The summed E-state index contributed by atoms with van der Waals surface area (Å²) < 4.78 is 18.9. The number of hydrogen-bond donors (Lipinski definition) is 1. The van der Waals surface area contributed by atoms with Gasteiger partial charge in [-0.3, -0.25) is 0 Å². The first kappa shape index (κ1) is 10.3. The van der Waals surface area contributed by atoms with Crippen LogP contribution in [0.1, 0.15) is 5.76 Å². The normalized spacial score (nSPS) is 10.6. The Bertz CT molecular complexity index is 484. The van der Waals surface area contributed by atoms with Crippen molar-refractivity contribution in [1.29, 1.82) is 0 Å². The van der Waals surface area contributed by atoms with Crippen LogP contribution < -0.4 is 0 Å². The molecule has 0 amide bonds. The lowest BCUT2D eigenvalue weighted by atomic mass is 10.1. The lowest BCUT2D eigenvalue weighted by Crippen LogP contribution is -1.83. The summed E-state index contributed by atoms with van der Waals surface area (Å²) in [5.41, 5.74) is 0.714. The molecule has 0 bridgehead atoms. The average molecular weight is 272 g/mol. The summed E-state index contributed by atoms with van der Waals surface area (Å²) in [4.78, 5) is 0. The van der Waals surface area contributed by atoms with Gasteiger partial charge in [0.05, 0.1) is 0 Å². The summed E-state index contributed by atoms with van der Waals surface area (Å²) in [7, 11) is 0. The molecule has 0 fully saturated rings. The third-order valence-electron chi connectivity index (χ3n) is 1.92. The zero-order chi connectivity index (χ0) is 10.8. The molecule has 0 saturated heterocycles. The van der Waals surface area contributed by atoms with E-state index in [0.29, 0.717) is 17.0 Å². The van der Waals surface area contributed by atoms with Crippen LogP contribution in [0, 0.1) is 5.82 Å². The highest BCUT2D eigenvalue weighted by Crippen LogP contribution is 2.25. The molecule has 1 aromatic carbocycles. The number of nitrogens with zero attached hydrogens (tertiary/aromatic N) is 1. The molecule has 0 aliphatic heterocycles. The fourth-order valence-corrected chi connectivity index (χ4v) is 1.57. The molecular weight excluding hydrogens is 265 g/mol. The molecule has 5 heteroatoms. The van der Waals surface area contributed by atoms with Crippen molar-refractivity contribution >= 4 is 15.9 Å². The fourth-order valence-electron chi connectivity index (χ4n) is 1.21. The van der Waals surface area contributed by atoms with Gasteiger partial charge in [-0.05, 0) is 18.2 Å². The van der Waals surface area contributed by atoms with Crippen LogP contribution >= 0.6 is 15.9 Å². The van der Waals surface area contributed by atoms with E-state index in [9.17, 15) is 4.39 Å². The Balaban J connectivity index is 2.48. The second kappa shape index (κ2) is 4.12. The van der Waals surface area contributed by atoms with Crippen molar-refractivity contribution in [1.82, 2.24) is 5.16 Å². The van der Waals surface area contributed by atoms with E-state index in [1.54, 1.807) is 12.1 Å². The van der Waals surface area contributed by atoms with Crippen LogP contribution in [0.2, 0.25) is 0 Å². The Morgan fingerprint density at radius 3 is 2.87 bits per heavy atom. The van der Waals surface area contributed by atoms with Gasteiger partial charge in [-0.25, -0.2) is 4.39 Å². The van der Waals surface area contributed by atoms with Crippen molar-refractivity contribution in [3.8, 4) is 11.3 Å². The maximum Gasteiger partial charge on any atom is 0.162 e. The first-order valence-corrected chi connectivity index (χ1v) is 5.02. The van der Waals surface area contributed by atoms with Gasteiger partial charge >= 0.3 is 0 Å². The van der Waals surface area contributed by atoms with Crippen molar-refractivity contribution < 1.29 is 14.0 Å². The van der Waals surface area contributed by atoms with Crippen LogP contribution in [-0.4, -0.2) is 10.3 Å². The summed E-state index contributed by atoms with van der Waals surface area (Å²) in [6.45, 7) is -0.247. The van der Waals surface area contributed by atoms with Crippen molar-refractivity contribution in [2.45, 2.75) is 6.61 Å². The summed E-state index contributed by atoms with van der Waals surface area (Å²) in [5.74, 6) is -0.0691. The van der Waals surface area contributed by atoms with Crippen molar-refractivity contribution in [2.24, 2.45) is 0 Å². The van der Waals surface area contributed by atoms with E-state index in [1.807, 2.05) is 0 Å². The number of aliphatic hydroxyl groups is 1. The quantitative estimate of drug-likeness (QED) is 0.914. The molecule has 0 aliphatic rings. The molecule has 15 heavy (non-hydrogen) atoms. The van der Waals surface area contributed by atoms with Crippen molar-refractivity contribution in [3.63, 3.8) is 0 Å². The van der Waals surface area contributed by atoms with E-state index in [0.717, 1.165) is 4.47 Å². The first-order chi connectivity index (χ1) is 7.20. The predicted octanol–water partition coefficient (Wildman–Crippen LogP) is 2.74. The van der Waals surface area contributed by atoms with Gasteiger partial charge in [-0.1, -0.05) is 21.1 Å². The van der Waals surface area contributed by atoms with E-state index in [1.165, 1.54) is 12.1 Å². The summed E-state index contributed by atoms with van der Waals surface area (Å²) in [5, 5.41) is 12.4. The zero-order valence-electron chi connectivity index (χ0n) is 7.58. The minimum Gasteiger partial charge on any atom is -0.388 e. The van der Waals surface area contributed by atoms with Gasteiger partial charge in [0.25, 0.3) is 0 Å². The average Bonchev–Trinajstić information content (AvgIpc) is 2.70. The molecular formula is C10H7BrFNO2. The van der Waals surface area contributed by atoms with Gasteiger partial charge in [0, 0.05) is 16.1 Å². The standard InChI is InChI=1S/C10H7BrFNO2/c11-6-1-2-9(12)8(3-6)10-4-7(5-14)15-13-10/h1-4,14H,5H2. The minimum atomic E-state index is -0.379. The van der Waals surface area contributed by atoms with Crippen LogP contribution in [0.4, 0.5) is 4.39 Å². The molecule has 78 valence electrons. The second-order valence-electron chi connectivity index (χ2n) is 2.96. The van der Waals surface area contributed by atoms with E-state index in [4.69, 9.17) is 9.63 Å². The maximum atomic E-state index is 13.4. The summed E-state index contributed by atoms with van der Waals surface area (Å²) in [6, 6.07) is 6.05. The molecule has 0 atom stereocenters. The number of aliphatic hydroxyl groups excluding tert-OH is 1. The van der Waals surface area contributed by atoms with Gasteiger partial charge in [0.1, 0.15) is 18.1 Å². The molecule has 3 nitrogen and oxygen atoms in total. The Kier molecular flexibility index (Phi) is 2.83. The topological polar surface area (TPSA) is 46.3 Å². The smallest absolute Gasteiger partial charge is 0.162 e. The fraction of sp³-hybridized carbons (Fsp3) is 0.100. The minimum absolute atomic E-state index is 0.247. The van der Waals surface area contributed by atoms with Gasteiger partial charge in [-0.15, -0.1) is 0 Å². The SMILES string of the molecule is OCc1cc(-c2cc(Br)ccc2F)no1. The monoisotopic (exact) mass is 271 g/mol. The summed E-state index contributed by atoms with van der Waals surface area (Å²) >= 11 is 3.24. The van der Waals surface area contributed by atoms with Crippen LogP contribution in [0.5, 0.6) is 0 Å². The van der Waals surface area contributed by atoms with Crippen LogP contribution in [-0.2, 0) is 6.61 Å². The van der Waals surface area contributed by atoms with Gasteiger partial charge in [-0.2, -0.15) is 0 Å². The number of halogens is 2. The van der Waals surface area contributed by atoms with Gasteiger partial charge in [0.2, 0.25) is 0 Å². The van der Waals surface area contributed by atoms with E-state index in [2.05, 4.69) is 21.1 Å². The molecule has 2 aromatic rings. The molecule has 0 spiro atoms. The second-order valence-corrected chi connectivity index (χ2v) is 3.88. The van der Waals surface area contributed by atoms with Crippen LogP contribution in [0.15, 0.2) is 33.3 Å². The van der Waals surface area contributed by atoms with Crippen molar-refractivity contribution in [2.75, 3.05) is 0 Å². The number of hydrogen-bond acceptors (Lipinski definition) is 3. The highest BCUT2D eigenvalue weighted by molar-refractivity contribution is 9.10. The third kappa shape index (κ3) is 2.08. The number of aromatic nitrogens is 1. The number of rotatable bonds is 2. The van der Waals surface area contributed by atoms with E-state index >= 15 is 0 Å². The zero-order valence-corrected chi connectivity index (χ0v) is 9.16. The van der Waals surface area contributed by atoms with Gasteiger partial charge < -0.3 is 9.63 Å². The molecule has 0 radical (unpaired) electrons. The van der Waals surface area contributed by atoms with E-state index in [-0.39, 0.29) is 12.4 Å². The molecule has 0 unspecified atom stereocenters. The Morgan fingerprint density at radius 1 is 1.40 bits per heavy atom. The lowest BCUT2D eigenvalue weighted by molar-refractivity contribution is 0.229. The molecule has 1 aromatic heterocycles. The largest absolute Gasteiger partial charge is 0.388 e. The Labute approximate surface area is 93.6 Å². The maximum absolute atomic E-state index is 13.4. The van der Waals surface area contributed by atoms with Crippen LogP contribution in [0.25, 0.3) is 11.3 Å². The molecule has 1 heterocycles. The first-order valence-electron chi connectivity index (χ1n) is 4.22.